The molecule has 0 amide bonds. The van der Waals surface area contributed by atoms with Crippen LogP contribution in [-0.2, 0) is 19.5 Å². The molecule has 0 aliphatic carbocycles. The fourth-order valence-electron chi connectivity index (χ4n) is 2.32. The molecule has 14 heavy (non-hydrogen) atoms. The van der Waals surface area contributed by atoms with Crippen molar-refractivity contribution in [3.8, 4) is 0 Å². The van der Waals surface area contributed by atoms with Crippen molar-refractivity contribution < 1.29 is 19.5 Å². The van der Waals surface area contributed by atoms with Gasteiger partial charge in [0.25, 0.3) is 0 Å². The van der Waals surface area contributed by atoms with Crippen molar-refractivity contribution in [2.75, 3.05) is 13.1 Å². The minimum absolute atomic E-state index is 0. The Morgan fingerprint density at radius 3 is 2.29 bits per heavy atom. The normalized spacial score (nSPS) is 29.4. The molecule has 1 heterocycles. The standard InChI is InChI=1S/C12H24N.Rh/c1-9(2)12-8-13(10(3)4)7-6-11(12)5;/h10-12H,6-8H2,1-5H3;/q-1;. The van der Waals surface area contributed by atoms with Gasteiger partial charge in [-0.1, -0.05) is 12.8 Å². The van der Waals surface area contributed by atoms with Crippen LogP contribution in [-0.4, -0.2) is 24.0 Å². The monoisotopic (exact) mass is 285 g/mol. The number of nitrogens with zero attached hydrogens (tertiary/aromatic N) is 1. The van der Waals surface area contributed by atoms with Gasteiger partial charge in [-0.25, -0.2) is 0 Å². The summed E-state index contributed by atoms with van der Waals surface area (Å²) in [5, 5.41) is 0. The van der Waals surface area contributed by atoms with E-state index in [-0.39, 0.29) is 19.5 Å². The summed E-state index contributed by atoms with van der Waals surface area (Å²) < 4.78 is 0. The first-order valence-electron chi connectivity index (χ1n) is 5.56. The number of hydrogen-bond acceptors (Lipinski definition) is 1. The van der Waals surface area contributed by atoms with Crippen molar-refractivity contribution in [1.29, 1.82) is 0 Å². The summed E-state index contributed by atoms with van der Waals surface area (Å²) in [5.74, 6) is 3.33. The summed E-state index contributed by atoms with van der Waals surface area (Å²) in [6, 6.07) is 0.717. The van der Waals surface area contributed by atoms with Crippen LogP contribution in [0.1, 0.15) is 41.0 Å². The molecule has 1 fully saturated rings. The van der Waals surface area contributed by atoms with Crippen LogP contribution >= 0.6 is 0 Å². The van der Waals surface area contributed by atoms with E-state index in [0.717, 1.165) is 11.8 Å². The molecule has 1 saturated heterocycles. The van der Waals surface area contributed by atoms with Crippen LogP contribution in [0.4, 0.5) is 0 Å². The van der Waals surface area contributed by atoms with Gasteiger partial charge in [0.1, 0.15) is 0 Å². The van der Waals surface area contributed by atoms with Crippen LogP contribution in [0.2, 0.25) is 0 Å². The smallest absolute Gasteiger partial charge is 0.00376 e. The molecule has 0 aromatic carbocycles. The van der Waals surface area contributed by atoms with Gasteiger partial charge in [0.05, 0.1) is 0 Å². The van der Waals surface area contributed by atoms with Gasteiger partial charge in [-0.3, -0.25) is 0 Å². The summed E-state index contributed by atoms with van der Waals surface area (Å²) in [5.41, 5.74) is 0. The fourth-order valence-corrected chi connectivity index (χ4v) is 2.32. The minimum atomic E-state index is 0. The Hall–Kier alpha value is 0.583. The van der Waals surface area contributed by atoms with E-state index < -0.39 is 0 Å². The van der Waals surface area contributed by atoms with E-state index in [0.29, 0.717) is 6.04 Å². The molecule has 0 N–H and O–H groups in total. The first kappa shape index (κ1) is 14.6. The average molecular weight is 285 g/mol. The van der Waals surface area contributed by atoms with Crippen molar-refractivity contribution in [3.05, 3.63) is 5.92 Å². The molecule has 0 saturated carbocycles. The van der Waals surface area contributed by atoms with Crippen molar-refractivity contribution in [1.82, 2.24) is 4.90 Å². The van der Waals surface area contributed by atoms with E-state index in [1.807, 2.05) is 0 Å². The van der Waals surface area contributed by atoms with Crippen molar-refractivity contribution in [2.45, 2.75) is 47.1 Å². The molecule has 0 aromatic heterocycles. The van der Waals surface area contributed by atoms with Crippen molar-refractivity contribution >= 4 is 0 Å². The van der Waals surface area contributed by atoms with Gasteiger partial charge in [0.2, 0.25) is 0 Å². The van der Waals surface area contributed by atoms with Crippen LogP contribution < -0.4 is 0 Å². The summed E-state index contributed by atoms with van der Waals surface area (Å²) in [6.07, 6.45) is 1.37. The predicted octanol–water partition coefficient (Wildman–Crippen LogP) is 2.96. The van der Waals surface area contributed by atoms with Crippen LogP contribution in [0.5, 0.6) is 0 Å². The topological polar surface area (TPSA) is 3.24 Å². The van der Waals surface area contributed by atoms with E-state index in [2.05, 4.69) is 39.5 Å². The Morgan fingerprint density at radius 1 is 1.29 bits per heavy atom. The summed E-state index contributed by atoms with van der Waals surface area (Å²) in [4.78, 5) is 2.61. The first-order chi connectivity index (χ1) is 6.02. The number of likely N-dealkylation sites (tertiary alicyclic amines) is 1. The third kappa shape index (κ3) is 3.62. The van der Waals surface area contributed by atoms with Gasteiger partial charge in [-0.2, -0.15) is 13.8 Å². The molecule has 1 radical (unpaired) electrons. The maximum atomic E-state index is 2.61. The first-order valence-corrected chi connectivity index (χ1v) is 5.56. The van der Waals surface area contributed by atoms with E-state index in [9.17, 15) is 0 Å². The molecule has 0 bridgehead atoms. The van der Waals surface area contributed by atoms with Gasteiger partial charge in [-0.05, 0) is 33.4 Å². The Balaban J connectivity index is 0.00000169. The maximum Gasteiger partial charge on any atom is 0.00376 e. The number of hydrogen-bond donors (Lipinski definition) is 0. The molecule has 2 atom stereocenters. The fraction of sp³-hybridized carbons (Fsp3) is 0.917. The molecule has 1 aliphatic heterocycles. The minimum Gasteiger partial charge on any atom is -0.315 e. The van der Waals surface area contributed by atoms with Gasteiger partial charge >= 0.3 is 0 Å². The zero-order valence-electron chi connectivity index (χ0n) is 10.1. The van der Waals surface area contributed by atoms with Crippen molar-refractivity contribution in [3.63, 3.8) is 0 Å². The largest absolute Gasteiger partial charge is 0.315 e. The van der Waals surface area contributed by atoms with E-state index >= 15 is 0 Å². The van der Waals surface area contributed by atoms with Gasteiger partial charge < -0.3 is 10.8 Å². The second-order valence-electron chi connectivity index (χ2n) is 5.04. The Kier molecular flexibility index (Phi) is 6.49. The predicted molar refractivity (Wildman–Crippen MR) is 58.6 cm³/mol. The number of piperidine rings is 1. The Morgan fingerprint density at radius 2 is 1.86 bits per heavy atom. The van der Waals surface area contributed by atoms with Crippen molar-refractivity contribution in [2.24, 2.45) is 11.8 Å². The van der Waals surface area contributed by atoms with E-state index in [4.69, 9.17) is 0 Å². The molecular formula is C12H24NRh-. The molecular weight excluding hydrogens is 261 g/mol. The van der Waals surface area contributed by atoms with Crippen LogP contribution in [0.25, 0.3) is 0 Å². The molecule has 1 nitrogen and oxygen atoms in total. The second-order valence-corrected chi connectivity index (χ2v) is 5.04. The van der Waals surface area contributed by atoms with Gasteiger partial charge in [0, 0.05) is 25.5 Å². The maximum absolute atomic E-state index is 2.61. The molecule has 0 spiro atoms. The summed E-state index contributed by atoms with van der Waals surface area (Å²) in [7, 11) is 0. The molecule has 2 unspecified atom stereocenters. The zero-order chi connectivity index (χ0) is 10.0. The third-order valence-electron chi connectivity index (χ3n) is 3.46. The molecule has 87 valence electrons. The quantitative estimate of drug-likeness (QED) is 0.557. The summed E-state index contributed by atoms with van der Waals surface area (Å²) >= 11 is 0. The van der Waals surface area contributed by atoms with Crippen LogP contribution in [0.3, 0.4) is 0 Å². The average Bonchev–Trinajstić information content (AvgIpc) is 2.04. The van der Waals surface area contributed by atoms with E-state index in [1.165, 1.54) is 19.5 Å². The molecule has 1 aliphatic rings. The Labute approximate surface area is 102 Å². The Bertz CT molecular complexity index is 156. The van der Waals surface area contributed by atoms with Gasteiger partial charge in [-0.15, -0.1) is 5.92 Å². The van der Waals surface area contributed by atoms with Gasteiger partial charge in [0.15, 0.2) is 0 Å². The number of rotatable bonds is 2. The molecule has 0 aromatic rings. The third-order valence-corrected chi connectivity index (χ3v) is 3.46. The zero-order valence-corrected chi connectivity index (χ0v) is 11.8. The second kappa shape index (κ2) is 6.23. The van der Waals surface area contributed by atoms with Crippen LogP contribution in [0, 0.1) is 17.8 Å². The van der Waals surface area contributed by atoms with E-state index in [1.54, 1.807) is 5.92 Å². The molecule has 1 rings (SSSR count). The molecule has 2 heteroatoms. The SMILES string of the molecule is C[C-](C)C1CN(C(C)C)CCC1C.[Rh]. The summed E-state index contributed by atoms with van der Waals surface area (Å²) in [6.45, 7) is 14.1. The van der Waals surface area contributed by atoms with Crippen LogP contribution in [0.15, 0.2) is 0 Å².